The van der Waals surface area contributed by atoms with Gasteiger partial charge in [0, 0.05) is 0 Å². The van der Waals surface area contributed by atoms with Gasteiger partial charge in [-0.1, -0.05) is 25.1 Å². The summed E-state index contributed by atoms with van der Waals surface area (Å²) in [4.78, 5) is 15.8. The van der Waals surface area contributed by atoms with Crippen molar-refractivity contribution in [3.8, 4) is 5.75 Å². The van der Waals surface area contributed by atoms with Crippen molar-refractivity contribution in [2.24, 2.45) is 0 Å². The average Bonchev–Trinajstić information content (AvgIpc) is 2.18. The third-order valence-corrected chi connectivity index (χ3v) is 1.60. The lowest BCUT2D eigenvalue weighted by atomic mass is 10.3. The van der Waals surface area contributed by atoms with Gasteiger partial charge in [-0.05, 0) is 18.6 Å². The van der Waals surface area contributed by atoms with Crippen LogP contribution < -0.4 is 4.84 Å². The van der Waals surface area contributed by atoms with Crippen LogP contribution in [0.5, 0.6) is 5.75 Å². The van der Waals surface area contributed by atoms with Gasteiger partial charge in [-0.3, -0.25) is 0 Å². The second kappa shape index (κ2) is 5.11. The van der Waals surface area contributed by atoms with Gasteiger partial charge in [-0.2, -0.15) is 0 Å². The highest BCUT2D eigenvalue weighted by atomic mass is 16.7. The highest BCUT2D eigenvalue weighted by molar-refractivity contribution is 5.63. The highest BCUT2D eigenvalue weighted by Gasteiger charge is 2.11. The molecule has 76 valence electrons. The standard InChI is InChI=1S/C10H13NO3/c1-2-8-11(10(12)13)14-9-6-4-3-5-7-9/h3-7H,2,8H2,1H3,(H,12,13). The summed E-state index contributed by atoms with van der Waals surface area (Å²) in [6, 6.07) is 8.86. The minimum atomic E-state index is -1.07. The van der Waals surface area contributed by atoms with E-state index in [1.165, 1.54) is 0 Å². The van der Waals surface area contributed by atoms with E-state index in [0.29, 0.717) is 12.3 Å². The van der Waals surface area contributed by atoms with Gasteiger partial charge in [0.2, 0.25) is 0 Å². The molecule has 0 aromatic heterocycles. The number of amides is 1. The summed E-state index contributed by atoms with van der Waals surface area (Å²) in [5.41, 5.74) is 0. The summed E-state index contributed by atoms with van der Waals surface area (Å²) in [5, 5.41) is 9.69. The van der Waals surface area contributed by atoms with Crippen LogP contribution >= 0.6 is 0 Å². The van der Waals surface area contributed by atoms with Crippen LogP contribution in [0.4, 0.5) is 4.79 Å². The Balaban J connectivity index is 2.60. The molecule has 0 spiro atoms. The Labute approximate surface area is 82.7 Å². The molecule has 0 saturated heterocycles. The SMILES string of the molecule is CCCN(Oc1ccccc1)C(=O)O. The van der Waals surface area contributed by atoms with Gasteiger partial charge in [-0.25, -0.2) is 4.79 Å². The zero-order valence-electron chi connectivity index (χ0n) is 8.01. The van der Waals surface area contributed by atoms with Gasteiger partial charge in [0.05, 0.1) is 6.54 Å². The molecule has 0 aliphatic heterocycles. The van der Waals surface area contributed by atoms with Gasteiger partial charge >= 0.3 is 6.09 Å². The predicted octanol–water partition coefficient (Wildman–Crippen LogP) is 2.37. The number of nitrogens with zero attached hydrogens (tertiary/aromatic N) is 1. The smallest absolute Gasteiger partial charge is 0.440 e. The Morgan fingerprint density at radius 1 is 1.43 bits per heavy atom. The Kier molecular flexibility index (Phi) is 3.79. The summed E-state index contributed by atoms with van der Waals surface area (Å²) in [6.07, 6.45) is -0.352. The zero-order chi connectivity index (χ0) is 10.4. The number of carbonyl (C=O) groups is 1. The molecule has 0 saturated carbocycles. The van der Waals surface area contributed by atoms with E-state index in [1.807, 2.05) is 13.0 Å². The first-order chi connectivity index (χ1) is 6.74. The molecule has 1 aromatic rings. The quantitative estimate of drug-likeness (QED) is 0.750. The van der Waals surface area contributed by atoms with Crippen molar-refractivity contribution in [3.63, 3.8) is 0 Å². The van der Waals surface area contributed by atoms with E-state index >= 15 is 0 Å². The normalized spacial score (nSPS) is 9.50. The van der Waals surface area contributed by atoms with Crippen LogP contribution in [-0.4, -0.2) is 22.8 Å². The van der Waals surface area contributed by atoms with Gasteiger partial charge in [0.1, 0.15) is 0 Å². The fourth-order valence-corrected chi connectivity index (χ4v) is 0.992. The largest absolute Gasteiger partial charge is 0.463 e. The van der Waals surface area contributed by atoms with Crippen LogP contribution in [0.1, 0.15) is 13.3 Å². The topological polar surface area (TPSA) is 49.8 Å². The number of para-hydroxylation sites is 1. The van der Waals surface area contributed by atoms with Crippen LogP contribution in [0, 0.1) is 0 Å². The van der Waals surface area contributed by atoms with E-state index in [2.05, 4.69) is 0 Å². The van der Waals surface area contributed by atoms with E-state index in [0.717, 1.165) is 11.5 Å². The maximum Gasteiger partial charge on any atom is 0.440 e. The van der Waals surface area contributed by atoms with Crippen molar-refractivity contribution in [2.45, 2.75) is 13.3 Å². The predicted molar refractivity (Wildman–Crippen MR) is 52.1 cm³/mol. The second-order valence-corrected chi connectivity index (χ2v) is 2.79. The van der Waals surface area contributed by atoms with Crippen LogP contribution in [0.25, 0.3) is 0 Å². The van der Waals surface area contributed by atoms with Crippen molar-refractivity contribution < 1.29 is 14.7 Å². The van der Waals surface area contributed by atoms with Crippen molar-refractivity contribution in [2.75, 3.05) is 6.54 Å². The molecule has 0 atom stereocenters. The molecule has 1 N–H and O–H groups in total. The Hall–Kier alpha value is -1.71. The van der Waals surface area contributed by atoms with Gasteiger partial charge in [0.25, 0.3) is 0 Å². The van der Waals surface area contributed by atoms with E-state index in [1.54, 1.807) is 24.3 Å². The molecule has 14 heavy (non-hydrogen) atoms. The molecule has 1 rings (SSSR count). The number of rotatable bonds is 4. The first-order valence-corrected chi connectivity index (χ1v) is 4.47. The maximum absolute atomic E-state index is 10.7. The minimum Gasteiger partial charge on any atom is -0.463 e. The molecular formula is C10H13NO3. The summed E-state index contributed by atoms with van der Waals surface area (Å²) >= 11 is 0. The molecular weight excluding hydrogens is 182 g/mol. The Bertz CT molecular complexity index is 287. The Morgan fingerprint density at radius 2 is 2.07 bits per heavy atom. The van der Waals surface area contributed by atoms with E-state index in [4.69, 9.17) is 9.94 Å². The van der Waals surface area contributed by atoms with Gasteiger partial charge < -0.3 is 9.94 Å². The molecule has 0 bridgehead atoms. The molecule has 0 aliphatic rings. The van der Waals surface area contributed by atoms with Crippen molar-refractivity contribution in [1.82, 2.24) is 5.06 Å². The fraction of sp³-hybridized carbons (Fsp3) is 0.300. The second-order valence-electron chi connectivity index (χ2n) is 2.79. The number of hydroxylamine groups is 2. The lowest BCUT2D eigenvalue weighted by molar-refractivity contribution is -0.0356. The monoisotopic (exact) mass is 195 g/mol. The fourth-order valence-electron chi connectivity index (χ4n) is 0.992. The van der Waals surface area contributed by atoms with Gasteiger partial charge in [0.15, 0.2) is 5.75 Å². The van der Waals surface area contributed by atoms with Crippen LogP contribution in [-0.2, 0) is 0 Å². The molecule has 1 amide bonds. The molecule has 0 radical (unpaired) electrons. The van der Waals surface area contributed by atoms with Crippen LogP contribution in [0.2, 0.25) is 0 Å². The number of hydrogen-bond acceptors (Lipinski definition) is 2. The molecule has 0 aliphatic carbocycles. The first kappa shape index (κ1) is 10.4. The van der Waals surface area contributed by atoms with E-state index in [9.17, 15) is 4.79 Å². The molecule has 0 fully saturated rings. The number of benzene rings is 1. The Morgan fingerprint density at radius 3 is 2.57 bits per heavy atom. The first-order valence-electron chi connectivity index (χ1n) is 4.47. The lowest BCUT2D eigenvalue weighted by Crippen LogP contribution is -2.33. The third kappa shape index (κ3) is 2.97. The van der Waals surface area contributed by atoms with E-state index in [-0.39, 0.29) is 0 Å². The summed E-state index contributed by atoms with van der Waals surface area (Å²) in [6.45, 7) is 2.26. The van der Waals surface area contributed by atoms with Gasteiger partial charge in [-0.15, -0.1) is 5.06 Å². The maximum atomic E-state index is 10.7. The molecule has 0 unspecified atom stereocenters. The summed E-state index contributed by atoms with van der Waals surface area (Å²) in [5.74, 6) is 0.531. The molecule has 4 nitrogen and oxygen atoms in total. The van der Waals surface area contributed by atoms with Crippen LogP contribution in [0.3, 0.4) is 0 Å². The van der Waals surface area contributed by atoms with Crippen molar-refractivity contribution >= 4 is 6.09 Å². The average molecular weight is 195 g/mol. The highest BCUT2D eigenvalue weighted by Crippen LogP contribution is 2.10. The third-order valence-electron chi connectivity index (χ3n) is 1.60. The van der Waals surface area contributed by atoms with Crippen molar-refractivity contribution in [3.05, 3.63) is 30.3 Å². The lowest BCUT2D eigenvalue weighted by Gasteiger charge is -2.18. The molecule has 4 heteroatoms. The van der Waals surface area contributed by atoms with Crippen LogP contribution in [0.15, 0.2) is 30.3 Å². The summed E-state index contributed by atoms with van der Waals surface area (Å²) < 4.78 is 0. The molecule has 1 aromatic carbocycles. The van der Waals surface area contributed by atoms with E-state index < -0.39 is 6.09 Å². The zero-order valence-corrected chi connectivity index (χ0v) is 8.01. The number of hydrogen-bond donors (Lipinski definition) is 1. The molecule has 0 heterocycles. The minimum absolute atomic E-state index is 0.365. The van der Waals surface area contributed by atoms with Crippen molar-refractivity contribution in [1.29, 1.82) is 0 Å². The summed E-state index contributed by atoms with van der Waals surface area (Å²) in [7, 11) is 0. The number of carboxylic acid groups (broad SMARTS) is 1.